The molecule has 7 heteroatoms. The highest BCUT2D eigenvalue weighted by molar-refractivity contribution is 6.31. The smallest absolute Gasteiger partial charge is 0.249 e. The Bertz CT molecular complexity index is 740. The summed E-state index contributed by atoms with van der Waals surface area (Å²) < 4.78 is 3.50. The lowest BCUT2D eigenvalue weighted by Crippen LogP contribution is -2.15. The molecule has 1 saturated carbocycles. The van der Waals surface area contributed by atoms with Gasteiger partial charge in [-0.1, -0.05) is 24.4 Å². The molecule has 1 aliphatic carbocycles. The molecule has 122 valence electrons. The molecular weight excluding hydrogens is 314 g/mol. The number of anilines is 1. The van der Waals surface area contributed by atoms with Crippen LogP contribution in [0.15, 0.2) is 18.3 Å². The quantitative estimate of drug-likeness (QED) is 0.873. The predicted octanol–water partition coefficient (Wildman–Crippen LogP) is 3.35. The van der Waals surface area contributed by atoms with Crippen LogP contribution in [0.25, 0.3) is 6.08 Å². The van der Waals surface area contributed by atoms with Gasteiger partial charge in [-0.2, -0.15) is 10.2 Å². The Kier molecular flexibility index (Phi) is 4.52. The van der Waals surface area contributed by atoms with E-state index in [0.29, 0.717) is 11.2 Å². The molecule has 3 rings (SSSR count). The summed E-state index contributed by atoms with van der Waals surface area (Å²) >= 11 is 6.15. The lowest BCUT2D eigenvalue weighted by molar-refractivity contribution is -0.111. The second-order valence-corrected chi connectivity index (χ2v) is 6.19. The molecule has 0 unspecified atom stereocenters. The van der Waals surface area contributed by atoms with Crippen LogP contribution >= 0.6 is 11.6 Å². The Balaban J connectivity index is 1.70. The van der Waals surface area contributed by atoms with Gasteiger partial charge in [0.2, 0.25) is 5.91 Å². The fourth-order valence-electron chi connectivity index (χ4n) is 3.02. The minimum Gasteiger partial charge on any atom is -0.307 e. The van der Waals surface area contributed by atoms with Crippen LogP contribution in [-0.2, 0) is 11.8 Å². The molecule has 2 aromatic rings. The fraction of sp³-hybridized carbons (Fsp3) is 0.438. The maximum absolute atomic E-state index is 12.2. The number of nitrogens with zero attached hydrogens (tertiary/aromatic N) is 4. The number of halogens is 1. The van der Waals surface area contributed by atoms with E-state index in [1.807, 2.05) is 17.7 Å². The van der Waals surface area contributed by atoms with Gasteiger partial charge in [-0.3, -0.25) is 9.48 Å². The van der Waals surface area contributed by atoms with Crippen LogP contribution in [0, 0.1) is 6.92 Å². The van der Waals surface area contributed by atoms with E-state index in [0.717, 1.165) is 29.9 Å². The van der Waals surface area contributed by atoms with Crippen molar-refractivity contribution in [2.75, 3.05) is 5.32 Å². The number of carbonyl (C=O) groups is 1. The van der Waals surface area contributed by atoms with Crippen molar-refractivity contribution < 1.29 is 4.79 Å². The summed E-state index contributed by atoms with van der Waals surface area (Å²) in [5, 5.41) is 12.0. The minimum absolute atomic E-state index is 0.205. The van der Waals surface area contributed by atoms with Crippen molar-refractivity contribution in [3.8, 4) is 0 Å². The Labute approximate surface area is 140 Å². The van der Waals surface area contributed by atoms with E-state index in [1.165, 1.54) is 18.9 Å². The first-order chi connectivity index (χ1) is 11.1. The molecule has 1 amide bonds. The van der Waals surface area contributed by atoms with Crippen molar-refractivity contribution in [1.29, 1.82) is 0 Å². The average molecular weight is 334 g/mol. The van der Waals surface area contributed by atoms with Crippen molar-refractivity contribution >= 4 is 29.4 Å². The van der Waals surface area contributed by atoms with Crippen LogP contribution in [0.5, 0.6) is 0 Å². The predicted molar refractivity (Wildman–Crippen MR) is 90.4 cm³/mol. The highest BCUT2D eigenvalue weighted by Crippen LogP contribution is 2.31. The molecule has 0 aliphatic heterocycles. The van der Waals surface area contributed by atoms with E-state index in [4.69, 9.17) is 11.6 Å². The largest absolute Gasteiger partial charge is 0.307 e. The maximum atomic E-state index is 12.2. The number of nitrogens with one attached hydrogen (secondary N) is 1. The lowest BCUT2D eigenvalue weighted by Gasteiger charge is -2.13. The monoisotopic (exact) mass is 333 g/mol. The summed E-state index contributed by atoms with van der Waals surface area (Å²) in [5.41, 5.74) is 1.55. The normalized spacial score (nSPS) is 15.6. The van der Waals surface area contributed by atoms with Gasteiger partial charge in [0.15, 0.2) is 0 Å². The van der Waals surface area contributed by atoms with Gasteiger partial charge in [-0.25, -0.2) is 4.68 Å². The van der Waals surface area contributed by atoms with Crippen molar-refractivity contribution in [3.05, 3.63) is 34.7 Å². The lowest BCUT2D eigenvalue weighted by atomic mass is 10.2. The summed E-state index contributed by atoms with van der Waals surface area (Å²) in [6.45, 7) is 1.86. The third-order valence-electron chi connectivity index (χ3n) is 4.19. The highest BCUT2D eigenvalue weighted by Gasteiger charge is 2.20. The van der Waals surface area contributed by atoms with E-state index < -0.39 is 0 Å². The van der Waals surface area contributed by atoms with Gasteiger partial charge in [0.1, 0.15) is 11.0 Å². The van der Waals surface area contributed by atoms with Crippen LogP contribution in [0.1, 0.15) is 43.0 Å². The van der Waals surface area contributed by atoms with Crippen molar-refractivity contribution in [1.82, 2.24) is 19.6 Å². The van der Waals surface area contributed by atoms with Gasteiger partial charge in [-0.15, -0.1) is 0 Å². The third kappa shape index (κ3) is 3.32. The number of hydrogen-bond donors (Lipinski definition) is 1. The topological polar surface area (TPSA) is 64.7 Å². The standard InChI is InChI=1S/C16H20ClN5O/c1-11-13(16(17)21(2)20-11)7-8-15(23)19-14-9-10-18-22(14)12-5-3-4-6-12/h7-10,12H,3-6H2,1-2H3,(H,19,23)/b8-7+. The van der Waals surface area contributed by atoms with Gasteiger partial charge in [-0.05, 0) is 25.8 Å². The Morgan fingerprint density at radius 3 is 2.83 bits per heavy atom. The maximum Gasteiger partial charge on any atom is 0.249 e. The van der Waals surface area contributed by atoms with Gasteiger partial charge < -0.3 is 5.32 Å². The molecule has 0 saturated heterocycles. The zero-order valence-electron chi connectivity index (χ0n) is 13.3. The summed E-state index contributed by atoms with van der Waals surface area (Å²) in [6.07, 6.45) is 9.56. The molecule has 1 aliphatic rings. The van der Waals surface area contributed by atoms with Gasteiger partial charge in [0.05, 0.1) is 17.9 Å². The van der Waals surface area contributed by atoms with E-state index in [-0.39, 0.29) is 5.91 Å². The van der Waals surface area contributed by atoms with E-state index >= 15 is 0 Å². The van der Waals surface area contributed by atoms with Gasteiger partial charge in [0.25, 0.3) is 0 Å². The number of aryl methyl sites for hydroxylation is 2. The molecule has 2 aromatic heterocycles. The van der Waals surface area contributed by atoms with Crippen molar-refractivity contribution in [2.24, 2.45) is 7.05 Å². The average Bonchev–Trinajstić information content (AvgIpc) is 3.21. The number of amides is 1. The highest BCUT2D eigenvalue weighted by atomic mass is 35.5. The van der Waals surface area contributed by atoms with Crippen molar-refractivity contribution in [2.45, 2.75) is 38.6 Å². The number of hydrogen-bond acceptors (Lipinski definition) is 3. The minimum atomic E-state index is -0.205. The van der Waals surface area contributed by atoms with Crippen LogP contribution in [0.4, 0.5) is 5.82 Å². The second kappa shape index (κ2) is 6.58. The second-order valence-electron chi connectivity index (χ2n) is 5.84. The van der Waals surface area contributed by atoms with Crippen LogP contribution in [0.3, 0.4) is 0 Å². The first-order valence-corrected chi connectivity index (χ1v) is 8.15. The van der Waals surface area contributed by atoms with Gasteiger partial charge >= 0.3 is 0 Å². The number of carbonyl (C=O) groups excluding carboxylic acids is 1. The summed E-state index contributed by atoms with van der Waals surface area (Å²) in [7, 11) is 1.77. The molecule has 0 spiro atoms. The SMILES string of the molecule is Cc1nn(C)c(Cl)c1/C=C/C(=O)Nc1ccnn1C1CCCC1. The molecule has 23 heavy (non-hydrogen) atoms. The van der Waals surface area contributed by atoms with E-state index in [2.05, 4.69) is 15.5 Å². The molecule has 0 aromatic carbocycles. The number of rotatable bonds is 4. The van der Waals surface area contributed by atoms with Crippen LogP contribution in [-0.4, -0.2) is 25.5 Å². The molecule has 0 atom stereocenters. The van der Waals surface area contributed by atoms with E-state index in [9.17, 15) is 4.79 Å². The zero-order chi connectivity index (χ0) is 16.4. The third-order valence-corrected chi connectivity index (χ3v) is 4.64. The summed E-state index contributed by atoms with van der Waals surface area (Å²) in [6, 6.07) is 2.21. The summed E-state index contributed by atoms with van der Waals surface area (Å²) in [4.78, 5) is 12.2. The Morgan fingerprint density at radius 2 is 2.17 bits per heavy atom. The summed E-state index contributed by atoms with van der Waals surface area (Å²) in [5.74, 6) is 0.532. The molecule has 0 bridgehead atoms. The molecule has 2 heterocycles. The van der Waals surface area contributed by atoms with Gasteiger partial charge in [0, 0.05) is 24.8 Å². The molecule has 0 radical (unpaired) electrons. The molecule has 6 nitrogen and oxygen atoms in total. The molecule has 1 N–H and O–H groups in total. The molecular formula is C16H20ClN5O. The zero-order valence-corrected chi connectivity index (χ0v) is 14.0. The van der Waals surface area contributed by atoms with E-state index in [1.54, 1.807) is 24.0 Å². The van der Waals surface area contributed by atoms with Crippen molar-refractivity contribution in [3.63, 3.8) is 0 Å². The first-order valence-electron chi connectivity index (χ1n) is 7.78. The Morgan fingerprint density at radius 1 is 1.43 bits per heavy atom. The van der Waals surface area contributed by atoms with Crippen LogP contribution < -0.4 is 5.32 Å². The Hall–Kier alpha value is -2.08. The first kappa shape index (κ1) is 15.8. The van der Waals surface area contributed by atoms with Crippen LogP contribution in [0.2, 0.25) is 5.15 Å². The fourth-order valence-corrected chi connectivity index (χ4v) is 3.25. The number of aromatic nitrogens is 4. The molecule has 1 fully saturated rings.